The zero-order valence-corrected chi connectivity index (χ0v) is 7.35. The first-order valence-corrected chi connectivity index (χ1v) is 3.52. The van der Waals surface area contributed by atoms with E-state index in [9.17, 15) is 4.79 Å². The second-order valence-electron chi connectivity index (χ2n) is 3.53. The normalized spacial score (nSPS) is 12.8. The average Bonchev–Trinajstić information content (AvgIpc) is 1.80. The Bertz CT molecular complexity index is 196. The number of hydrogen-bond acceptors (Lipinski definition) is 1. The standard InChI is InChI=1S/C9H15NO/c1-5-7(8(10)11)6-9(2,3)4/h5-6H,1H2,2-4H3,(H2,10,11). The molecule has 62 valence electrons. The van der Waals surface area contributed by atoms with Gasteiger partial charge in [0.25, 0.3) is 0 Å². The summed E-state index contributed by atoms with van der Waals surface area (Å²) in [6, 6.07) is 0. The van der Waals surface area contributed by atoms with Crippen molar-refractivity contribution >= 4 is 5.91 Å². The summed E-state index contributed by atoms with van der Waals surface area (Å²) < 4.78 is 0. The van der Waals surface area contributed by atoms with Gasteiger partial charge in [0.05, 0.1) is 0 Å². The van der Waals surface area contributed by atoms with Gasteiger partial charge in [-0.25, -0.2) is 0 Å². The quantitative estimate of drug-likeness (QED) is 0.475. The van der Waals surface area contributed by atoms with E-state index in [1.807, 2.05) is 26.8 Å². The lowest BCUT2D eigenvalue weighted by molar-refractivity contribution is -0.114. The Balaban J connectivity index is 4.63. The van der Waals surface area contributed by atoms with E-state index >= 15 is 0 Å². The monoisotopic (exact) mass is 153 g/mol. The van der Waals surface area contributed by atoms with Crippen LogP contribution in [0.15, 0.2) is 24.3 Å². The number of nitrogens with two attached hydrogens (primary N) is 1. The number of carbonyl (C=O) groups is 1. The van der Waals surface area contributed by atoms with Crippen LogP contribution in [0, 0.1) is 5.41 Å². The summed E-state index contributed by atoms with van der Waals surface area (Å²) in [6.45, 7) is 9.50. The Morgan fingerprint density at radius 1 is 1.45 bits per heavy atom. The highest BCUT2D eigenvalue weighted by atomic mass is 16.1. The molecule has 0 spiro atoms. The first-order chi connectivity index (χ1) is 4.87. The molecule has 0 aromatic heterocycles. The molecule has 2 N–H and O–H groups in total. The minimum atomic E-state index is -0.421. The van der Waals surface area contributed by atoms with Crippen LogP contribution in [0.2, 0.25) is 0 Å². The van der Waals surface area contributed by atoms with Crippen LogP contribution in [0.5, 0.6) is 0 Å². The highest BCUT2D eigenvalue weighted by Gasteiger charge is 2.09. The molecule has 1 amide bonds. The number of carbonyl (C=O) groups excluding carboxylic acids is 1. The third-order valence-corrected chi connectivity index (χ3v) is 1.09. The molecule has 2 heteroatoms. The molecule has 0 fully saturated rings. The van der Waals surface area contributed by atoms with Crippen molar-refractivity contribution in [1.82, 2.24) is 0 Å². The van der Waals surface area contributed by atoms with E-state index in [0.717, 1.165) is 0 Å². The van der Waals surface area contributed by atoms with Gasteiger partial charge in [0.2, 0.25) is 5.91 Å². The lowest BCUT2D eigenvalue weighted by atomic mass is 9.93. The summed E-state index contributed by atoms with van der Waals surface area (Å²) in [6.07, 6.45) is 3.29. The van der Waals surface area contributed by atoms with Gasteiger partial charge < -0.3 is 5.73 Å². The van der Waals surface area contributed by atoms with Crippen molar-refractivity contribution in [3.8, 4) is 0 Å². The average molecular weight is 153 g/mol. The molecular weight excluding hydrogens is 138 g/mol. The minimum Gasteiger partial charge on any atom is -0.366 e. The smallest absolute Gasteiger partial charge is 0.248 e. The first-order valence-electron chi connectivity index (χ1n) is 3.52. The lowest BCUT2D eigenvalue weighted by Crippen LogP contribution is -2.15. The SMILES string of the molecule is C=CC(=CC(C)(C)C)C(N)=O. The molecule has 0 aliphatic heterocycles. The molecule has 0 bridgehead atoms. The van der Waals surface area contributed by atoms with Gasteiger partial charge in [-0.1, -0.05) is 39.5 Å². The predicted molar refractivity (Wildman–Crippen MR) is 46.9 cm³/mol. The Kier molecular flexibility index (Phi) is 3.05. The highest BCUT2D eigenvalue weighted by Crippen LogP contribution is 2.17. The van der Waals surface area contributed by atoms with Gasteiger partial charge in [0.15, 0.2) is 0 Å². The molecule has 0 aliphatic carbocycles. The van der Waals surface area contributed by atoms with E-state index in [1.54, 1.807) is 0 Å². The van der Waals surface area contributed by atoms with Crippen LogP contribution in [0.25, 0.3) is 0 Å². The zero-order chi connectivity index (χ0) is 9.07. The molecule has 0 heterocycles. The molecule has 0 atom stereocenters. The Morgan fingerprint density at radius 3 is 2.00 bits per heavy atom. The van der Waals surface area contributed by atoms with Crippen LogP contribution in [0.3, 0.4) is 0 Å². The van der Waals surface area contributed by atoms with Crippen LogP contribution in [-0.4, -0.2) is 5.91 Å². The predicted octanol–water partition coefficient (Wildman–Crippen LogP) is 1.63. The second kappa shape index (κ2) is 3.37. The Hall–Kier alpha value is -1.05. The number of rotatable bonds is 2. The zero-order valence-electron chi connectivity index (χ0n) is 7.35. The van der Waals surface area contributed by atoms with Gasteiger partial charge in [0.1, 0.15) is 0 Å². The first kappa shape index (κ1) is 9.95. The van der Waals surface area contributed by atoms with E-state index in [4.69, 9.17) is 5.73 Å². The lowest BCUT2D eigenvalue weighted by Gasteiger charge is -2.12. The third kappa shape index (κ3) is 4.37. The topological polar surface area (TPSA) is 43.1 Å². The van der Waals surface area contributed by atoms with Gasteiger partial charge in [-0.2, -0.15) is 0 Å². The van der Waals surface area contributed by atoms with E-state index in [2.05, 4.69) is 6.58 Å². The number of amides is 1. The van der Waals surface area contributed by atoms with Gasteiger partial charge in [-0.05, 0) is 5.41 Å². The van der Waals surface area contributed by atoms with Crippen LogP contribution in [0.1, 0.15) is 20.8 Å². The maximum atomic E-state index is 10.7. The van der Waals surface area contributed by atoms with Crippen molar-refractivity contribution in [2.24, 2.45) is 11.1 Å². The maximum Gasteiger partial charge on any atom is 0.248 e. The Labute approximate surface area is 67.8 Å². The molecule has 0 saturated heterocycles. The summed E-state index contributed by atoms with van der Waals surface area (Å²) in [5, 5.41) is 0. The van der Waals surface area contributed by atoms with E-state index in [-0.39, 0.29) is 5.41 Å². The molecule has 0 aromatic carbocycles. The summed E-state index contributed by atoms with van der Waals surface area (Å²) in [5.41, 5.74) is 5.53. The summed E-state index contributed by atoms with van der Waals surface area (Å²) >= 11 is 0. The molecule has 2 nitrogen and oxygen atoms in total. The summed E-state index contributed by atoms with van der Waals surface area (Å²) in [7, 11) is 0. The van der Waals surface area contributed by atoms with E-state index in [0.29, 0.717) is 5.57 Å². The Morgan fingerprint density at radius 2 is 1.91 bits per heavy atom. The van der Waals surface area contributed by atoms with Crippen LogP contribution in [-0.2, 0) is 4.79 Å². The van der Waals surface area contributed by atoms with Crippen LogP contribution < -0.4 is 5.73 Å². The van der Waals surface area contributed by atoms with Crippen LogP contribution >= 0.6 is 0 Å². The number of hydrogen-bond donors (Lipinski definition) is 1. The van der Waals surface area contributed by atoms with Crippen molar-refractivity contribution < 1.29 is 4.79 Å². The highest BCUT2D eigenvalue weighted by molar-refractivity contribution is 5.94. The van der Waals surface area contributed by atoms with Crippen molar-refractivity contribution in [2.75, 3.05) is 0 Å². The van der Waals surface area contributed by atoms with Crippen LogP contribution in [0.4, 0.5) is 0 Å². The maximum absolute atomic E-state index is 10.7. The fourth-order valence-electron chi connectivity index (χ4n) is 0.697. The fourth-order valence-corrected chi connectivity index (χ4v) is 0.697. The van der Waals surface area contributed by atoms with Gasteiger partial charge in [0, 0.05) is 5.57 Å². The van der Waals surface area contributed by atoms with Gasteiger partial charge in [-0.3, -0.25) is 4.79 Å². The van der Waals surface area contributed by atoms with Crippen molar-refractivity contribution in [3.05, 3.63) is 24.3 Å². The number of allylic oxidation sites excluding steroid dienone is 1. The van der Waals surface area contributed by atoms with Crippen molar-refractivity contribution in [3.63, 3.8) is 0 Å². The molecule has 0 aliphatic rings. The number of primary amides is 1. The molecule has 0 radical (unpaired) electrons. The summed E-state index contributed by atoms with van der Waals surface area (Å²) in [4.78, 5) is 10.7. The second-order valence-corrected chi connectivity index (χ2v) is 3.53. The third-order valence-electron chi connectivity index (χ3n) is 1.09. The minimum absolute atomic E-state index is 0.0292. The summed E-state index contributed by atoms with van der Waals surface area (Å²) in [5.74, 6) is -0.421. The van der Waals surface area contributed by atoms with Crippen molar-refractivity contribution in [1.29, 1.82) is 0 Å². The van der Waals surface area contributed by atoms with E-state index in [1.165, 1.54) is 6.08 Å². The van der Waals surface area contributed by atoms with Gasteiger partial charge >= 0.3 is 0 Å². The van der Waals surface area contributed by atoms with Gasteiger partial charge in [-0.15, -0.1) is 0 Å². The van der Waals surface area contributed by atoms with E-state index < -0.39 is 5.91 Å². The fraction of sp³-hybridized carbons (Fsp3) is 0.444. The molecular formula is C9H15NO. The largest absolute Gasteiger partial charge is 0.366 e. The van der Waals surface area contributed by atoms with Crippen molar-refractivity contribution in [2.45, 2.75) is 20.8 Å². The molecule has 0 rings (SSSR count). The molecule has 11 heavy (non-hydrogen) atoms. The molecule has 0 unspecified atom stereocenters. The molecule has 0 saturated carbocycles. The molecule has 0 aromatic rings.